The molecule has 0 amide bonds. The highest BCUT2D eigenvalue weighted by Gasteiger charge is 2.09. The molecule has 0 aliphatic rings. The van der Waals surface area contributed by atoms with Gasteiger partial charge in [-0.05, 0) is 24.1 Å². The van der Waals surface area contributed by atoms with E-state index in [0.717, 1.165) is 24.2 Å². The molecule has 0 aliphatic heterocycles. The lowest BCUT2D eigenvalue weighted by molar-refractivity contribution is 0.379. The van der Waals surface area contributed by atoms with Crippen molar-refractivity contribution in [2.24, 2.45) is 0 Å². The standard InChI is InChI=1S/C17H16N2O2/c1-20-15-9-5-8-14(12-15)17-18-16(21-19-17)11-10-13-6-3-2-4-7-13/h2-9,12H,10-11H2,1H3. The van der Waals surface area contributed by atoms with Gasteiger partial charge in [0.25, 0.3) is 0 Å². The van der Waals surface area contributed by atoms with Gasteiger partial charge in [0.1, 0.15) is 5.75 Å². The summed E-state index contributed by atoms with van der Waals surface area (Å²) in [7, 11) is 1.64. The minimum absolute atomic E-state index is 0.594. The molecule has 0 unspecified atom stereocenters. The van der Waals surface area contributed by atoms with Crippen LogP contribution >= 0.6 is 0 Å². The highest BCUT2D eigenvalue weighted by Crippen LogP contribution is 2.21. The molecular weight excluding hydrogens is 264 g/mol. The molecule has 0 aliphatic carbocycles. The van der Waals surface area contributed by atoms with Gasteiger partial charge in [0.05, 0.1) is 7.11 Å². The molecule has 2 aromatic carbocycles. The smallest absolute Gasteiger partial charge is 0.227 e. The van der Waals surface area contributed by atoms with E-state index in [1.165, 1.54) is 5.56 Å². The summed E-state index contributed by atoms with van der Waals surface area (Å²) in [5, 5.41) is 4.03. The minimum Gasteiger partial charge on any atom is -0.497 e. The molecule has 0 N–H and O–H groups in total. The highest BCUT2D eigenvalue weighted by atomic mass is 16.5. The van der Waals surface area contributed by atoms with Gasteiger partial charge < -0.3 is 9.26 Å². The summed E-state index contributed by atoms with van der Waals surface area (Å²) in [4.78, 5) is 4.44. The first-order valence-corrected chi connectivity index (χ1v) is 6.86. The Bertz CT molecular complexity index is 708. The molecule has 3 rings (SSSR count). The molecule has 1 heterocycles. The summed E-state index contributed by atoms with van der Waals surface area (Å²) >= 11 is 0. The van der Waals surface area contributed by atoms with Crippen molar-refractivity contribution in [3.05, 3.63) is 66.1 Å². The van der Waals surface area contributed by atoms with Crippen LogP contribution in [0, 0.1) is 0 Å². The second-order valence-electron chi connectivity index (χ2n) is 4.73. The van der Waals surface area contributed by atoms with Crippen LogP contribution in [-0.4, -0.2) is 17.3 Å². The molecule has 0 saturated carbocycles. The maximum absolute atomic E-state index is 5.31. The van der Waals surface area contributed by atoms with Crippen LogP contribution in [0.15, 0.2) is 59.1 Å². The van der Waals surface area contributed by atoms with Crippen LogP contribution < -0.4 is 4.74 Å². The number of ether oxygens (including phenoxy) is 1. The van der Waals surface area contributed by atoms with Crippen LogP contribution in [-0.2, 0) is 12.8 Å². The lowest BCUT2D eigenvalue weighted by atomic mass is 10.1. The van der Waals surface area contributed by atoms with Crippen molar-refractivity contribution in [2.75, 3.05) is 7.11 Å². The van der Waals surface area contributed by atoms with E-state index in [0.29, 0.717) is 11.7 Å². The Morgan fingerprint density at radius 3 is 2.67 bits per heavy atom. The molecule has 106 valence electrons. The number of aromatic nitrogens is 2. The van der Waals surface area contributed by atoms with Crippen LogP contribution in [0.4, 0.5) is 0 Å². The molecule has 0 saturated heterocycles. The minimum atomic E-state index is 0.594. The predicted octanol–water partition coefficient (Wildman–Crippen LogP) is 3.53. The molecule has 0 bridgehead atoms. The van der Waals surface area contributed by atoms with Crippen molar-refractivity contribution in [3.63, 3.8) is 0 Å². The number of benzene rings is 2. The maximum Gasteiger partial charge on any atom is 0.227 e. The maximum atomic E-state index is 5.31. The van der Waals surface area contributed by atoms with Gasteiger partial charge in [0.15, 0.2) is 0 Å². The van der Waals surface area contributed by atoms with Gasteiger partial charge in [-0.1, -0.05) is 47.6 Å². The number of rotatable bonds is 5. The summed E-state index contributed by atoms with van der Waals surface area (Å²) in [6.07, 6.45) is 1.63. The van der Waals surface area contributed by atoms with E-state index in [1.54, 1.807) is 7.11 Å². The molecule has 0 atom stereocenters. The van der Waals surface area contributed by atoms with Crippen molar-refractivity contribution < 1.29 is 9.26 Å². The predicted molar refractivity (Wildman–Crippen MR) is 80.1 cm³/mol. The number of methoxy groups -OCH3 is 1. The molecule has 21 heavy (non-hydrogen) atoms. The monoisotopic (exact) mass is 280 g/mol. The van der Waals surface area contributed by atoms with Crippen LogP contribution in [0.2, 0.25) is 0 Å². The van der Waals surface area contributed by atoms with E-state index >= 15 is 0 Å². The molecule has 3 aromatic rings. The fourth-order valence-electron chi connectivity index (χ4n) is 2.13. The van der Waals surface area contributed by atoms with Gasteiger partial charge in [-0.3, -0.25) is 0 Å². The third-order valence-electron chi connectivity index (χ3n) is 3.27. The largest absolute Gasteiger partial charge is 0.497 e. The fourth-order valence-corrected chi connectivity index (χ4v) is 2.13. The molecule has 0 spiro atoms. The van der Waals surface area contributed by atoms with E-state index in [9.17, 15) is 0 Å². The van der Waals surface area contributed by atoms with Crippen LogP contribution in [0.25, 0.3) is 11.4 Å². The Balaban J connectivity index is 1.71. The van der Waals surface area contributed by atoms with E-state index < -0.39 is 0 Å². The highest BCUT2D eigenvalue weighted by molar-refractivity contribution is 5.56. The third kappa shape index (κ3) is 3.28. The summed E-state index contributed by atoms with van der Waals surface area (Å²) in [6.45, 7) is 0. The molecule has 4 heteroatoms. The first-order chi connectivity index (χ1) is 10.3. The van der Waals surface area contributed by atoms with Gasteiger partial charge in [-0.15, -0.1) is 0 Å². The lowest BCUT2D eigenvalue weighted by Gasteiger charge is -1.99. The van der Waals surface area contributed by atoms with E-state index in [4.69, 9.17) is 9.26 Å². The van der Waals surface area contributed by atoms with Crippen LogP contribution in [0.3, 0.4) is 0 Å². The second-order valence-corrected chi connectivity index (χ2v) is 4.73. The fraction of sp³-hybridized carbons (Fsp3) is 0.176. The topological polar surface area (TPSA) is 48.2 Å². The van der Waals surface area contributed by atoms with E-state index in [2.05, 4.69) is 22.3 Å². The molecule has 0 fully saturated rings. The third-order valence-corrected chi connectivity index (χ3v) is 3.27. The molecule has 1 aromatic heterocycles. The number of nitrogens with zero attached hydrogens (tertiary/aromatic N) is 2. The second kappa shape index (κ2) is 6.22. The Morgan fingerprint density at radius 1 is 1.00 bits per heavy atom. The number of hydrogen-bond donors (Lipinski definition) is 0. The SMILES string of the molecule is COc1cccc(-c2noc(CCc3ccccc3)n2)c1. The number of hydrogen-bond acceptors (Lipinski definition) is 4. The zero-order chi connectivity index (χ0) is 14.5. The van der Waals surface area contributed by atoms with Gasteiger partial charge >= 0.3 is 0 Å². The van der Waals surface area contributed by atoms with Crippen molar-refractivity contribution in [2.45, 2.75) is 12.8 Å². The first kappa shape index (κ1) is 13.4. The number of aryl methyl sites for hydroxylation is 2. The van der Waals surface area contributed by atoms with Crippen molar-refractivity contribution in [1.82, 2.24) is 10.1 Å². The Kier molecular flexibility index (Phi) is 3.96. The quantitative estimate of drug-likeness (QED) is 0.717. The zero-order valence-corrected chi connectivity index (χ0v) is 11.8. The van der Waals surface area contributed by atoms with Gasteiger partial charge in [0, 0.05) is 12.0 Å². The Labute approximate surface area is 123 Å². The van der Waals surface area contributed by atoms with E-state index in [1.807, 2.05) is 42.5 Å². The van der Waals surface area contributed by atoms with Crippen molar-refractivity contribution >= 4 is 0 Å². The van der Waals surface area contributed by atoms with Crippen molar-refractivity contribution in [3.8, 4) is 17.1 Å². The summed E-state index contributed by atoms with van der Waals surface area (Å²) in [5.41, 5.74) is 2.16. The molecule has 4 nitrogen and oxygen atoms in total. The summed E-state index contributed by atoms with van der Waals surface area (Å²) in [5.74, 6) is 2.02. The summed E-state index contributed by atoms with van der Waals surface area (Å²) in [6, 6.07) is 17.9. The summed E-state index contributed by atoms with van der Waals surface area (Å²) < 4.78 is 10.5. The van der Waals surface area contributed by atoms with Crippen LogP contribution in [0.5, 0.6) is 5.75 Å². The average molecular weight is 280 g/mol. The first-order valence-electron chi connectivity index (χ1n) is 6.86. The molecular formula is C17H16N2O2. The Morgan fingerprint density at radius 2 is 1.86 bits per heavy atom. The van der Waals surface area contributed by atoms with Crippen molar-refractivity contribution in [1.29, 1.82) is 0 Å². The van der Waals surface area contributed by atoms with Gasteiger partial charge in [0.2, 0.25) is 11.7 Å². The van der Waals surface area contributed by atoms with Gasteiger partial charge in [-0.2, -0.15) is 4.98 Å². The average Bonchev–Trinajstić information content (AvgIpc) is 3.03. The van der Waals surface area contributed by atoms with E-state index in [-0.39, 0.29) is 0 Å². The Hall–Kier alpha value is -2.62. The zero-order valence-electron chi connectivity index (χ0n) is 11.8. The molecule has 0 radical (unpaired) electrons. The van der Waals surface area contributed by atoms with Crippen LogP contribution in [0.1, 0.15) is 11.5 Å². The van der Waals surface area contributed by atoms with Gasteiger partial charge in [-0.25, -0.2) is 0 Å². The lowest BCUT2D eigenvalue weighted by Crippen LogP contribution is -1.91. The normalized spacial score (nSPS) is 10.5.